The van der Waals surface area contributed by atoms with Gasteiger partial charge in [-0.15, -0.1) is 10.2 Å². The van der Waals surface area contributed by atoms with Crippen molar-refractivity contribution in [3.63, 3.8) is 0 Å². The fourth-order valence-electron chi connectivity index (χ4n) is 1.56. The number of hydrogen-bond donors (Lipinski definition) is 0. The first-order valence-corrected chi connectivity index (χ1v) is 6.19. The number of rotatable bonds is 2. The second-order valence-corrected chi connectivity index (χ2v) is 5.16. The van der Waals surface area contributed by atoms with Crippen molar-refractivity contribution in [2.75, 3.05) is 0 Å². The minimum absolute atomic E-state index is 0.202. The molecule has 0 fully saturated rings. The van der Waals surface area contributed by atoms with Crippen molar-refractivity contribution in [3.05, 3.63) is 39.4 Å². The number of nitrogens with zero attached hydrogens (tertiary/aromatic N) is 3. The van der Waals surface area contributed by atoms with Crippen LogP contribution in [0.3, 0.4) is 0 Å². The van der Waals surface area contributed by atoms with Gasteiger partial charge >= 0.3 is 0 Å². The largest absolute Gasteiger partial charge is 0.269 e. The molecular weight excluding hydrogens is 281 g/mol. The molecule has 0 aliphatic heterocycles. The van der Waals surface area contributed by atoms with E-state index in [1.807, 2.05) is 13.8 Å². The summed E-state index contributed by atoms with van der Waals surface area (Å²) in [5.74, 6) is 0.973. The van der Waals surface area contributed by atoms with Crippen molar-refractivity contribution in [2.45, 2.75) is 19.8 Å². The van der Waals surface area contributed by atoms with E-state index >= 15 is 0 Å². The molecule has 0 spiro atoms. The van der Waals surface area contributed by atoms with Crippen LogP contribution >= 0.6 is 34.8 Å². The van der Waals surface area contributed by atoms with Crippen molar-refractivity contribution >= 4 is 34.8 Å². The van der Waals surface area contributed by atoms with Gasteiger partial charge in [0, 0.05) is 16.0 Å². The van der Waals surface area contributed by atoms with Gasteiger partial charge in [-0.25, -0.2) is 0 Å². The number of hydrogen-bond acceptors (Lipinski definition) is 2. The molecule has 2 aromatic rings. The Kier molecular flexibility index (Phi) is 3.61. The summed E-state index contributed by atoms with van der Waals surface area (Å²) in [5.41, 5.74) is 0.765. The van der Waals surface area contributed by atoms with Crippen LogP contribution in [0.5, 0.6) is 0 Å². The zero-order valence-corrected chi connectivity index (χ0v) is 11.6. The van der Waals surface area contributed by atoms with Gasteiger partial charge in [0.1, 0.15) is 5.82 Å². The average molecular weight is 291 g/mol. The molecule has 0 N–H and O–H groups in total. The molecule has 0 saturated heterocycles. The highest BCUT2D eigenvalue weighted by Gasteiger charge is 2.15. The van der Waals surface area contributed by atoms with Crippen LogP contribution in [0.15, 0.2) is 18.2 Å². The Morgan fingerprint density at radius 1 is 1.00 bits per heavy atom. The lowest BCUT2D eigenvalue weighted by Gasteiger charge is -2.10. The molecule has 3 nitrogen and oxygen atoms in total. The van der Waals surface area contributed by atoms with Crippen molar-refractivity contribution in [3.8, 4) is 5.69 Å². The number of benzene rings is 1. The molecule has 17 heavy (non-hydrogen) atoms. The SMILES string of the molecule is CC(C)c1nnc(Cl)n1-c1cc(Cl)cc(Cl)c1. The number of halogens is 3. The molecule has 1 heterocycles. The quantitative estimate of drug-likeness (QED) is 0.823. The first kappa shape index (κ1) is 12.7. The lowest BCUT2D eigenvalue weighted by atomic mass is 10.2. The first-order chi connectivity index (χ1) is 7.99. The Labute approximate surface area is 114 Å². The van der Waals surface area contributed by atoms with E-state index in [4.69, 9.17) is 34.8 Å². The fraction of sp³-hybridized carbons (Fsp3) is 0.273. The molecule has 0 aliphatic carbocycles. The highest BCUT2D eigenvalue weighted by molar-refractivity contribution is 6.35. The van der Waals surface area contributed by atoms with Gasteiger partial charge in [-0.3, -0.25) is 4.57 Å². The molecule has 0 bridgehead atoms. The van der Waals surface area contributed by atoms with Crippen molar-refractivity contribution in [1.29, 1.82) is 0 Å². The van der Waals surface area contributed by atoms with Gasteiger partial charge < -0.3 is 0 Å². The van der Waals surface area contributed by atoms with E-state index in [9.17, 15) is 0 Å². The van der Waals surface area contributed by atoms with E-state index in [-0.39, 0.29) is 5.92 Å². The van der Waals surface area contributed by atoms with Crippen LogP contribution in [0, 0.1) is 0 Å². The zero-order chi connectivity index (χ0) is 12.6. The van der Waals surface area contributed by atoms with Gasteiger partial charge in [0.05, 0.1) is 5.69 Å². The maximum atomic E-state index is 6.03. The van der Waals surface area contributed by atoms with Gasteiger partial charge in [-0.2, -0.15) is 0 Å². The maximum absolute atomic E-state index is 6.03. The smallest absolute Gasteiger partial charge is 0.229 e. The highest BCUT2D eigenvalue weighted by Crippen LogP contribution is 2.27. The normalized spacial score (nSPS) is 11.2. The van der Waals surface area contributed by atoms with Crippen LogP contribution in [0.1, 0.15) is 25.6 Å². The Bertz CT molecular complexity index is 529. The average Bonchev–Trinajstić information content (AvgIpc) is 2.58. The monoisotopic (exact) mass is 289 g/mol. The second-order valence-electron chi connectivity index (χ2n) is 3.94. The predicted molar refractivity (Wildman–Crippen MR) is 70.5 cm³/mol. The van der Waals surface area contributed by atoms with Gasteiger partial charge in [-0.05, 0) is 29.8 Å². The van der Waals surface area contributed by atoms with Crippen LogP contribution in [-0.2, 0) is 0 Å². The summed E-state index contributed by atoms with van der Waals surface area (Å²) in [5, 5.41) is 9.31. The van der Waals surface area contributed by atoms with Crippen LogP contribution in [-0.4, -0.2) is 14.8 Å². The third-order valence-corrected chi connectivity index (χ3v) is 2.95. The minimum Gasteiger partial charge on any atom is -0.269 e. The van der Waals surface area contributed by atoms with Crippen LogP contribution in [0.2, 0.25) is 15.3 Å². The molecule has 6 heteroatoms. The molecule has 90 valence electrons. The van der Waals surface area contributed by atoms with E-state index in [1.165, 1.54) is 0 Å². The molecule has 0 aliphatic rings. The van der Waals surface area contributed by atoms with Crippen molar-refractivity contribution in [2.24, 2.45) is 0 Å². The Hall–Kier alpha value is -0.770. The highest BCUT2D eigenvalue weighted by atomic mass is 35.5. The molecule has 0 atom stereocenters. The summed E-state index contributed by atoms with van der Waals surface area (Å²) in [6, 6.07) is 5.21. The number of aromatic nitrogens is 3. The Morgan fingerprint density at radius 3 is 2.12 bits per heavy atom. The van der Waals surface area contributed by atoms with Crippen molar-refractivity contribution < 1.29 is 0 Å². The topological polar surface area (TPSA) is 30.7 Å². The fourth-order valence-corrected chi connectivity index (χ4v) is 2.29. The lowest BCUT2D eigenvalue weighted by Crippen LogP contribution is -2.03. The van der Waals surface area contributed by atoms with Crippen LogP contribution < -0.4 is 0 Å². The Balaban J connectivity index is 2.63. The lowest BCUT2D eigenvalue weighted by molar-refractivity contribution is 0.745. The van der Waals surface area contributed by atoms with Gasteiger partial charge in [0.2, 0.25) is 5.28 Å². The standard InChI is InChI=1S/C11H10Cl3N3/c1-6(2)10-15-16-11(14)17(10)9-4-7(12)3-8(13)5-9/h3-6H,1-2H3. The van der Waals surface area contributed by atoms with E-state index in [1.54, 1.807) is 22.8 Å². The summed E-state index contributed by atoms with van der Waals surface area (Å²) in [7, 11) is 0. The molecule has 0 amide bonds. The Morgan fingerprint density at radius 2 is 1.59 bits per heavy atom. The van der Waals surface area contributed by atoms with Gasteiger partial charge in [0.15, 0.2) is 0 Å². The third-order valence-electron chi connectivity index (χ3n) is 2.27. The molecule has 1 aromatic heterocycles. The summed E-state index contributed by atoms with van der Waals surface area (Å²) in [6.45, 7) is 4.03. The second kappa shape index (κ2) is 4.84. The molecule has 0 saturated carbocycles. The molecule has 1 aromatic carbocycles. The van der Waals surface area contributed by atoms with E-state index in [2.05, 4.69) is 10.2 Å². The van der Waals surface area contributed by atoms with E-state index in [0.717, 1.165) is 11.5 Å². The summed E-state index contributed by atoms with van der Waals surface area (Å²) in [6.07, 6.45) is 0. The van der Waals surface area contributed by atoms with Crippen molar-refractivity contribution in [1.82, 2.24) is 14.8 Å². The summed E-state index contributed by atoms with van der Waals surface area (Å²) in [4.78, 5) is 0. The van der Waals surface area contributed by atoms with Gasteiger partial charge in [-0.1, -0.05) is 37.0 Å². The molecular formula is C11H10Cl3N3. The zero-order valence-electron chi connectivity index (χ0n) is 9.28. The van der Waals surface area contributed by atoms with Gasteiger partial charge in [0.25, 0.3) is 0 Å². The van der Waals surface area contributed by atoms with E-state index < -0.39 is 0 Å². The maximum Gasteiger partial charge on any atom is 0.229 e. The summed E-state index contributed by atoms with van der Waals surface area (Å²) >= 11 is 18.0. The molecule has 0 radical (unpaired) electrons. The molecule has 0 unspecified atom stereocenters. The first-order valence-electron chi connectivity index (χ1n) is 5.06. The summed E-state index contributed by atoms with van der Waals surface area (Å²) < 4.78 is 1.74. The molecule has 2 rings (SSSR count). The third kappa shape index (κ3) is 2.57. The van der Waals surface area contributed by atoms with Crippen LogP contribution in [0.25, 0.3) is 5.69 Å². The van der Waals surface area contributed by atoms with E-state index in [0.29, 0.717) is 15.3 Å². The minimum atomic E-state index is 0.202. The predicted octanol–water partition coefficient (Wildman–Crippen LogP) is 4.35. The van der Waals surface area contributed by atoms with Crippen LogP contribution in [0.4, 0.5) is 0 Å².